The van der Waals surface area contributed by atoms with E-state index in [0.29, 0.717) is 18.0 Å². The van der Waals surface area contributed by atoms with Gasteiger partial charge in [0.15, 0.2) is 0 Å². The average Bonchev–Trinajstić information content (AvgIpc) is 3.00. The second kappa shape index (κ2) is 5.80. The molecule has 0 spiro atoms. The molecule has 3 atom stereocenters. The van der Waals surface area contributed by atoms with Crippen LogP contribution in [0.25, 0.3) is 0 Å². The first-order chi connectivity index (χ1) is 9.31. The zero-order valence-corrected chi connectivity index (χ0v) is 12.1. The number of carbonyl (C=O) groups excluding carboxylic acids is 1. The summed E-state index contributed by atoms with van der Waals surface area (Å²) in [4.78, 5) is 17.5. The predicted molar refractivity (Wildman–Crippen MR) is 76.0 cm³/mol. The van der Waals surface area contributed by atoms with Crippen molar-refractivity contribution in [3.63, 3.8) is 0 Å². The van der Waals surface area contributed by atoms with Crippen LogP contribution in [0, 0.1) is 0 Å². The summed E-state index contributed by atoms with van der Waals surface area (Å²) in [7, 11) is 0. The lowest BCUT2D eigenvalue weighted by Gasteiger charge is -2.39. The van der Waals surface area contributed by atoms with E-state index in [0.717, 1.165) is 32.4 Å². The number of rotatable bonds is 4. The molecule has 0 aromatic heterocycles. The Morgan fingerprint density at radius 3 is 2.79 bits per heavy atom. The SMILES string of the molecule is CCCNC1CCCN(C2CCN3CCCC23)C1=O. The number of hydrogen-bond acceptors (Lipinski definition) is 3. The highest BCUT2D eigenvalue weighted by atomic mass is 16.2. The van der Waals surface area contributed by atoms with E-state index >= 15 is 0 Å². The van der Waals surface area contributed by atoms with Gasteiger partial charge in [0.2, 0.25) is 5.91 Å². The van der Waals surface area contributed by atoms with E-state index in [9.17, 15) is 4.79 Å². The van der Waals surface area contributed by atoms with Crippen molar-refractivity contribution in [2.45, 2.75) is 63.6 Å². The lowest BCUT2D eigenvalue weighted by molar-refractivity contribution is -0.139. The Labute approximate surface area is 116 Å². The van der Waals surface area contributed by atoms with Crippen molar-refractivity contribution in [2.24, 2.45) is 0 Å². The zero-order chi connectivity index (χ0) is 13.2. The van der Waals surface area contributed by atoms with E-state index in [-0.39, 0.29) is 6.04 Å². The maximum Gasteiger partial charge on any atom is 0.240 e. The molecule has 0 radical (unpaired) electrons. The van der Waals surface area contributed by atoms with E-state index in [2.05, 4.69) is 22.0 Å². The lowest BCUT2D eigenvalue weighted by Crippen LogP contribution is -2.56. The maximum atomic E-state index is 12.7. The summed E-state index contributed by atoms with van der Waals surface area (Å²) < 4.78 is 0. The third-order valence-corrected chi connectivity index (χ3v) is 5.08. The minimum Gasteiger partial charge on any atom is -0.337 e. The molecule has 1 amide bonds. The molecule has 4 heteroatoms. The Morgan fingerprint density at radius 1 is 1.11 bits per heavy atom. The van der Waals surface area contributed by atoms with Crippen molar-refractivity contribution in [1.29, 1.82) is 0 Å². The fourth-order valence-corrected chi connectivity index (χ4v) is 4.16. The number of nitrogens with one attached hydrogen (secondary N) is 1. The molecule has 0 aromatic carbocycles. The fourth-order valence-electron chi connectivity index (χ4n) is 4.16. The first-order valence-corrected chi connectivity index (χ1v) is 8.09. The van der Waals surface area contributed by atoms with Gasteiger partial charge < -0.3 is 10.2 Å². The highest BCUT2D eigenvalue weighted by Gasteiger charge is 2.43. The molecule has 0 saturated carbocycles. The van der Waals surface area contributed by atoms with Crippen LogP contribution in [-0.2, 0) is 4.79 Å². The number of likely N-dealkylation sites (tertiary alicyclic amines) is 1. The van der Waals surface area contributed by atoms with Gasteiger partial charge in [-0.25, -0.2) is 0 Å². The summed E-state index contributed by atoms with van der Waals surface area (Å²) in [5.74, 6) is 0.374. The summed E-state index contributed by atoms with van der Waals surface area (Å²) >= 11 is 0. The van der Waals surface area contributed by atoms with Crippen molar-refractivity contribution in [3.8, 4) is 0 Å². The highest BCUT2D eigenvalue weighted by Crippen LogP contribution is 2.32. The van der Waals surface area contributed by atoms with Gasteiger partial charge in [-0.2, -0.15) is 0 Å². The van der Waals surface area contributed by atoms with Crippen LogP contribution in [0.4, 0.5) is 0 Å². The van der Waals surface area contributed by atoms with Crippen molar-refractivity contribution < 1.29 is 4.79 Å². The third-order valence-electron chi connectivity index (χ3n) is 5.08. The minimum absolute atomic E-state index is 0.0872. The number of fused-ring (bicyclic) bond motifs is 1. The van der Waals surface area contributed by atoms with Crippen LogP contribution in [0.3, 0.4) is 0 Å². The molecule has 3 heterocycles. The van der Waals surface area contributed by atoms with Crippen molar-refractivity contribution >= 4 is 5.91 Å². The second-order valence-corrected chi connectivity index (χ2v) is 6.28. The molecule has 0 aromatic rings. The largest absolute Gasteiger partial charge is 0.337 e. The Morgan fingerprint density at radius 2 is 1.95 bits per heavy atom. The van der Waals surface area contributed by atoms with Crippen LogP contribution in [0.15, 0.2) is 0 Å². The summed E-state index contributed by atoms with van der Waals surface area (Å²) in [6.07, 6.45) is 7.09. The van der Waals surface area contributed by atoms with Crippen LogP contribution in [0.5, 0.6) is 0 Å². The summed E-state index contributed by atoms with van der Waals surface area (Å²) in [6.45, 7) is 6.56. The number of amides is 1. The maximum absolute atomic E-state index is 12.7. The van der Waals surface area contributed by atoms with E-state index in [1.165, 1.54) is 32.4 Å². The Kier molecular flexibility index (Phi) is 4.08. The molecule has 3 aliphatic heterocycles. The number of piperidine rings is 1. The quantitative estimate of drug-likeness (QED) is 0.830. The van der Waals surface area contributed by atoms with Gasteiger partial charge in [0, 0.05) is 25.2 Å². The van der Waals surface area contributed by atoms with Crippen LogP contribution in [0.2, 0.25) is 0 Å². The molecule has 1 N–H and O–H groups in total. The Hall–Kier alpha value is -0.610. The molecule has 108 valence electrons. The van der Waals surface area contributed by atoms with Crippen LogP contribution in [0.1, 0.15) is 45.4 Å². The van der Waals surface area contributed by atoms with E-state index in [4.69, 9.17) is 0 Å². The van der Waals surface area contributed by atoms with Gasteiger partial charge in [0.05, 0.1) is 6.04 Å². The highest BCUT2D eigenvalue weighted by molar-refractivity contribution is 5.83. The Bertz CT molecular complexity index is 333. The van der Waals surface area contributed by atoms with E-state index < -0.39 is 0 Å². The molecular weight excluding hydrogens is 238 g/mol. The van der Waals surface area contributed by atoms with Gasteiger partial charge in [-0.05, 0) is 51.6 Å². The number of hydrogen-bond donors (Lipinski definition) is 1. The Balaban J connectivity index is 1.65. The standard InChI is InChI=1S/C15H27N3O/c1-2-8-16-12-5-3-10-18(15(12)19)14-7-11-17-9-4-6-13(14)17/h12-14,16H,2-11H2,1H3. The topological polar surface area (TPSA) is 35.6 Å². The summed E-state index contributed by atoms with van der Waals surface area (Å²) in [5.41, 5.74) is 0. The molecule has 0 bridgehead atoms. The van der Waals surface area contributed by atoms with Crippen LogP contribution < -0.4 is 5.32 Å². The monoisotopic (exact) mass is 265 g/mol. The summed E-state index contributed by atoms with van der Waals surface area (Å²) in [6, 6.07) is 1.25. The van der Waals surface area contributed by atoms with Crippen LogP contribution >= 0.6 is 0 Å². The zero-order valence-electron chi connectivity index (χ0n) is 12.1. The fraction of sp³-hybridized carbons (Fsp3) is 0.933. The van der Waals surface area contributed by atoms with Gasteiger partial charge in [0.25, 0.3) is 0 Å². The molecular formula is C15H27N3O. The molecule has 3 unspecified atom stereocenters. The second-order valence-electron chi connectivity index (χ2n) is 6.28. The molecule has 3 fully saturated rings. The number of carbonyl (C=O) groups is 1. The number of nitrogens with zero attached hydrogens (tertiary/aromatic N) is 2. The normalized spacial score (nSPS) is 35.9. The molecule has 3 saturated heterocycles. The first-order valence-electron chi connectivity index (χ1n) is 8.09. The smallest absolute Gasteiger partial charge is 0.240 e. The third kappa shape index (κ3) is 2.52. The van der Waals surface area contributed by atoms with Gasteiger partial charge in [-0.15, -0.1) is 0 Å². The molecule has 4 nitrogen and oxygen atoms in total. The first kappa shape index (κ1) is 13.4. The van der Waals surface area contributed by atoms with Crippen molar-refractivity contribution in [1.82, 2.24) is 15.1 Å². The predicted octanol–water partition coefficient (Wildman–Crippen LogP) is 1.21. The lowest BCUT2D eigenvalue weighted by atomic mass is 9.98. The summed E-state index contributed by atoms with van der Waals surface area (Å²) in [5, 5.41) is 3.43. The van der Waals surface area contributed by atoms with Crippen molar-refractivity contribution in [3.05, 3.63) is 0 Å². The molecule has 0 aliphatic carbocycles. The van der Waals surface area contributed by atoms with Gasteiger partial charge in [-0.1, -0.05) is 6.92 Å². The van der Waals surface area contributed by atoms with E-state index in [1.54, 1.807) is 0 Å². The van der Waals surface area contributed by atoms with Crippen molar-refractivity contribution in [2.75, 3.05) is 26.2 Å². The van der Waals surface area contributed by atoms with Gasteiger partial charge in [-0.3, -0.25) is 9.69 Å². The minimum atomic E-state index is 0.0872. The van der Waals surface area contributed by atoms with E-state index in [1.807, 2.05) is 0 Å². The average molecular weight is 265 g/mol. The van der Waals surface area contributed by atoms with Gasteiger partial charge in [0.1, 0.15) is 0 Å². The molecule has 3 aliphatic rings. The molecule has 19 heavy (non-hydrogen) atoms. The molecule has 3 rings (SSSR count). The van der Waals surface area contributed by atoms with Crippen LogP contribution in [-0.4, -0.2) is 60.0 Å². The van der Waals surface area contributed by atoms with Gasteiger partial charge >= 0.3 is 0 Å².